The molecule has 18 heavy (non-hydrogen) atoms. The molecule has 0 saturated carbocycles. The van der Waals surface area contributed by atoms with E-state index in [0.717, 1.165) is 32.1 Å². The van der Waals surface area contributed by atoms with Gasteiger partial charge in [0.05, 0.1) is 11.7 Å². The van der Waals surface area contributed by atoms with Gasteiger partial charge < -0.3 is 14.7 Å². The Kier molecular flexibility index (Phi) is 6.05. The predicted molar refractivity (Wildman–Crippen MR) is 74.8 cm³/mol. The van der Waals surface area contributed by atoms with Gasteiger partial charge in [-0.25, -0.2) is 0 Å². The predicted octanol–water partition coefficient (Wildman–Crippen LogP) is 1.05. The van der Waals surface area contributed by atoms with Gasteiger partial charge in [-0.1, -0.05) is 13.8 Å². The smallest absolute Gasteiger partial charge is 0.0950 e. The summed E-state index contributed by atoms with van der Waals surface area (Å²) in [5.41, 5.74) is -0.463. The number of β-amino-alcohol motifs (C(OH)–C–C–N with tert-alkyl or cyclic N) is 1. The highest BCUT2D eigenvalue weighted by Gasteiger charge is 2.30. The van der Waals surface area contributed by atoms with E-state index in [4.69, 9.17) is 4.74 Å². The molecule has 1 atom stereocenters. The maximum Gasteiger partial charge on any atom is 0.0950 e. The molecule has 108 valence electrons. The van der Waals surface area contributed by atoms with Crippen molar-refractivity contribution in [2.24, 2.45) is 5.92 Å². The molecule has 1 N–H and O–H groups in total. The molecule has 1 aliphatic rings. The number of hydrogen-bond acceptors (Lipinski definition) is 4. The second-order valence-corrected chi connectivity index (χ2v) is 6.32. The van der Waals surface area contributed by atoms with Crippen molar-refractivity contribution in [1.29, 1.82) is 0 Å². The molecule has 0 spiro atoms. The van der Waals surface area contributed by atoms with Gasteiger partial charge in [-0.15, -0.1) is 0 Å². The Balaban J connectivity index is 2.31. The van der Waals surface area contributed by atoms with Crippen LogP contribution < -0.4 is 0 Å². The van der Waals surface area contributed by atoms with Gasteiger partial charge in [0.2, 0.25) is 0 Å². The van der Waals surface area contributed by atoms with Gasteiger partial charge in [-0.2, -0.15) is 0 Å². The normalized spacial score (nSPS) is 21.5. The molecule has 0 amide bonds. The molecule has 1 unspecified atom stereocenters. The third kappa shape index (κ3) is 4.84. The monoisotopic (exact) mass is 258 g/mol. The van der Waals surface area contributed by atoms with E-state index >= 15 is 0 Å². The highest BCUT2D eigenvalue weighted by atomic mass is 16.5. The fourth-order valence-corrected chi connectivity index (χ4v) is 2.27. The fourth-order valence-electron chi connectivity index (χ4n) is 2.27. The maximum atomic E-state index is 10.2. The van der Waals surface area contributed by atoms with Gasteiger partial charge in [0, 0.05) is 46.4 Å². The van der Waals surface area contributed by atoms with Gasteiger partial charge in [0.25, 0.3) is 0 Å². The summed E-state index contributed by atoms with van der Waals surface area (Å²) in [4.78, 5) is 4.84. The second-order valence-electron chi connectivity index (χ2n) is 6.32. The zero-order chi connectivity index (χ0) is 13.8. The first kappa shape index (κ1) is 15.9. The standard InChI is InChI=1S/C14H30N2O2/c1-12(2)10-15-6-8-16(9-7-15)11-13(17)14(3,4)18-5/h12-13,17H,6-11H2,1-5H3. The average molecular weight is 258 g/mol. The molecule has 1 aliphatic heterocycles. The van der Waals surface area contributed by atoms with Gasteiger partial charge in [-0.05, 0) is 19.8 Å². The molecular weight excluding hydrogens is 228 g/mol. The first-order valence-corrected chi connectivity index (χ1v) is 7.03. The average Bonchev–Trinajstić information content (AvgIpc) is 2.31. The SMILES string of the molecule is COC(C)(C)C(O)CN1CCN(CC(C)C)CC1. The van der Waals surface area contributed by atoms with Crippen LogP contribution in [0.5, 0.6) is 0 Å². The summed E-state index contributed by atoms with van der Waals surface area (Å²) in [5, 5.41) is 10.2. The summed E-state index contributed by atoms with van der Waals surface area (Å²) >= 11 is 0. The number of methoxy groups -OCH3 is 1. The fraction of sp³-hybridized carbons (Fsp3) is 1.00. The summed E-state index contributed by atoms with van der Waals surface area (Å²) in [7, 11) is 1.66. The minimum absolute atomic E-state index is 0.431. The molecular formula is C14H30N2O2. The molecule has 1 heterocycles. The lowest BCUT2D eigenvalue weighted by molar-refractivity contribution is -0.0905. The highest BCUT2D eigenvalue weighted by Crippen LogP contribution is 2.15. The van der Waals surface area contributed by atoms with Gasteiger partial charge in [0.1, 0.15) is 0 Å². The molecule has 0 aromatic carbocycles. The van der Waals surface area contributed by atoms with E-state index in [1.54, 1.807) is 7.11 Å². The number of hydrogen-bond donors (Lipinski definition) is 1. The Morgan fingerprint density at radius 3 is 1.89 bits per heavy atom. The van der Waals surface area contributed by atoms with E-state index in [0.29, 0.717) is 6.54 Å². The Labute approximate surface area is 112 Å². The number of aliphatic hydroxyl groups is 1. The third-order valence-corrected chi connectivity index (χ3v) is 3.85. The van der Waals surface area contributed by atoms with Crippen molar-refractivity contribution in [3.05, 3.63) is 0 Å². The van der Waals surface area contributed by atoms with E-state index in [1.807, 2.05) is 13.8 Å². The van der Waals surface area contributed by atoms with E-state index in [2.05, 4.69) is 23.6 Å². The molecule has 0 radical (unpaired) electrons. The summed E-state index contributed by atoms with van der Waals surface area (Å²) in [6.45, 7) is 14.6. The van der Waals surface area contributed by atoms with E-state index < -0.39 is 11.7 Å². The maximum absolute atomic E-state index is 10.2. The minimum Gasteiger partial charge on any atom is -0.389 e. The van der Waals surface area contributed by atoms with E-state index in [1.165, 1.54) is 6.54 Å². The zero-order valence-electron chi connectivity index (χ0n) is 12.6. The molecule has 4 heteroatoms. The summed E-state index contributed by atoms with van der Waals surface area (Å²) < 4.78 is 5.33. The molecule has 0 aromatic heterocycles. The number of aliphatic hydroxyl groups excluding tert-OH is 1. The number of rotatable bonds is 6. The Bertz CT molecular complexity index is 236. The molecule has 0 aromatic rings. The van der Waals surface area contributed by atoms with E-state index in [9.17, 15) is 5.11 Å². The summed E-state index contributed by atoms with van der Waals surface area (Å²) in [6, 6.07) is 0. The van der Waals surface area contributed by atoms with Crippen LogP contribution in [0.2, 0.25) is 0 Å². The minimum atomic E-state index is -0.463. The van der Waals surface area contributed by atoms with Crippen LogP contribution in [-0.4, -0.2) is 73.0 Å². The van der Waals surface area contributed by atoms with Crippen LogP contribution >= 0.6 is 0 Å². The lowest BCUT2D eigenvalue weighted by atomic mass is 10.0. The summed E-state index contributed by atoms with van der Waals surface area (Å²) in [6.07, 6.45) is -0.431. The van der Waals surface area contributed by atoms with Crippen LogP contribution in [0.4, 0.5) is 0 Å². The van der Waals surface area contributed by atoms with Crippen molar-refractivity contribution in [2.75, 3.05) is 46.4 Å². The van der Waals surface area contributed by atoms with Crippen molar-refractivity contribution in [3.8, 4) is 0 Å². The first-order valence-electron chi connectivity index (χ1n) is 7.03. The molecule has 1 rings (SSSR count). The highest BCUT2D eigenvalue weighted by molar-refractivity contribution is 4.83. The Morgan fingerprint density at radius 2 is 1.50 bits per heavy atom. The Morgan fingerprint density at radius 1 is 1.06 bits per heavy atom. The van der Waals surface area contributed by atoms with Gasteiger partial charge in [0.15, 0.2) is 0 Å². The van der Waals surface area contributed by atoms with Crippen LogP contribution in [0.15, 0.2) is 0 Å². The zero-order valence-corrected chi connectivity index (χ0v) is 12.6. The van der Waals surface area contributed by atoms with Crippen LogP contribution in [0.1, 0.15) is 27.7 Å². The second kappa shape index (κ2) is 6.85. The van der Waals surface area contributed by atoms with Crippen molar-refractivity contribution in [2.45, 2.75) is 39.4 Å². The number of nitrogens with zero attached hydrogens (tertiary/aromatic N) is 2. The lowest BCUT2D eigenvalue weighted by Crippen LogP contribution is -2.52. The summed E-state index contributed by atoms with van der Waals surface area (Å²) in [5.74, 6) is 0.731. The van der Waals surface area contributed by atoms with Crippen molar-refractivity contribution >= 4 is 0 Å². The molecule has 1 fully saturated rings. The molecule has 1 saturated heterocycles. The van der Waals surface area contributed by atoms with Gasteiger partial charge in [-0.3, -0.25) is 4.90 Å². The van der Waals surface area contributed by atoms with Crippen LogP contribution in [0, 0.1) is 5.92 Å². The topological polar surface area (TPSA) is 35.9 Å². The quantitative estimate of drug-likeness (QED) is 0.772. The van der Waals surface area contributed by atoms with Crippen LogP contribution in [0.3, 0.4) is 0 Å². The van der Waals surface area contributed by atoms with E-state index in [-0.39, 0.29) is 0 Å². The van der Waals surface area contributed by atoms with Gasteiger partial charge >= 0.3 is 0 Å². The molecule has 0 aliphatic carbocycles. The number of piperazine rings is 1. The third-order valence-electron chi connectivity index (χ3n) is 3.85. The van der Waals surface area contributed by atoms with Crippen LogP contribution in [-0.2, 0) is 4.74 Å². The van der Waals surface area contributed by atoms with Crippen molar-refractivity contribution in [3.63, 3.8) is 0 Å². The lowest BCUT2D eigenvalue weighted by Gasteiger charge is -2.38. The van der Waals surface area contributed by atoms with Crippen molar-refractivity contribution in [1.82, 2.24) is 9.80 Å². The number of ether oxygens (including phenoxy) is 1. The largest absolute Gasteiger partial charge is 0.389 e. The first-order chi connectivity index (χ1) is 8.35. The van der Waals surface area contributed by atoms with Crippen LogP contribution in [0.25, 0.3) is 0 Å². The Hall–Kier alpha value is -0.160. The molecule has 0 bridgehead atoms. The van der Waals surface area contributed by atoms with Crippen molar-refractivity contribution < 1.29 is 9.84 Å². The molecule has 4 nitrogen and oxygen atoms in total.